The Morgan fingerprint density at radius 3 is 2.54 bits per heavy atom. The Morgan fingerprint density at radius 2 is 1.82 bits per heavy atom. The van der Waals surface area contributed by atoms with Crippen LogP contribution in [-0.2, 0) is 4.79 Å². The lowest BCUT2D eigenvalue weighted by Gasteiger charge is -2.11. The fraction of sp³-hybridized carbons (Fsp3) is 0.190. The van der Waals surface area contributed by atoms with Crippen LogP contribution in [0.3, 0.4) is 0 Å². The number of nitrogens with one attached hydrogen (secondary N) is 1. The van der Waals surface area contributed by atoms with Crippen molar-refractivity contribution in [2.24, 2.45) is 5.73 Å². The molecule has 0 aliphatic heterocycles. The average Bonchev–Trinajstić information content (AvgIpc) is 3.48. The lowest BCUT2D eigenvalue weighted by molar-refractivity contribution is -0.118. The summed E-state index contributed by atoms with van der Waals surface area (Å²) >= 11 is 0. The molecule has 2 amide bonds. The van der Waals surface area contributed by atoms with Gasteiger partial charge in [-0.05, 0) is 37.1 Å². The summed E-state index contributed by atoms with van der Waals surface area (Å²) in [6, 6.07) is 18.1. The molecule has 7 nitrogen and oxygen atoms in total. The molecule has 1 saturated carbocycles. The first kappa shape index (κ1) is 17.8. The highest BCUT2D eigenvalue weighted by atomic mass is 16.5. The second-order valence-corrected chi connectivity index (χ2v) is 6.67. The Hall–Kier alpha value is -3.61. The number of carbonyl (C=O) groups is 2. The minimum Gasteiger partial charge on any atom is -0.483 e. The van der Waals surface area contributed by atoms with E-state index in [1.807, 2.05) is 36.4 Å². The monoisotopic (exact) mass is 376 g/mol. The summed E-state index contributed by atoms with van der Waals surface area (Å²) in [6.45, 7) is -0.247. The molecule has 1 fully saturated rings. The summed E-state index contributed by atoms with van der Waals surface area (Å²) in [5.41, 5.74) is 7.41. The molecular formula is C21H20N4O3. The van der Waals surface area contributed by atoms with Crippen LogP contribution in [0.5, 0.6) is 5.75 Å². The molecule has 0 atom stereocenters. The molecule has 0 unspecified atom stereocenters. The molecule has 7 heteroatoms. The van der Waals surface area contributed by atoms with Crippen molar-refractivity contribution in [3.05, 3.63) is 71.9 Å². The second kappa shape index (κ2) is 7.56. The van der Waals surface area contributed by atoms with Crippen molar-refractivity contribution in [3.63, 3.8) is 0 Å². The molecule has 0 bridgehead atoms. The molecule has 0 saturated heterocycles. The zero-order chi connectivity index (χ0) is 19.5. The van der Waals surface area contributed by atoms with E-state index in [0.29, 0.717) is 11.7 Å². The van der Waals surface area contributed by atoms with Crippen LogP contribution in [0.25, 0.3) is 5.69 Å². The zero-order valence-electron chi connectivity index (χ0n) is 15.2. The predicted molar refractivity (Wildman–Crippen MR) is 105 cm³/mol. The van der Waals surface area contributed by atoms with Gasteiger partial charge in [0.05, 0.1) is 16.9 Å². The molecule has 3 aromatic rings. The third kappa shape index (κ3) is 3.88. The molecule has 3 N–H and O–H groups in total. The Balaban J connectivity index is 1.50. The van der Waals surface area contributed by atoms with Crippen molar-refractivity contribution < 1.29 is 14.3 Å². The number of nitrogens with zero attached hydrogens (tertiary/aromatic N) is 2. The lowest BCUT2D eigenvalue weighted by Crippen LogP contribution is -2.23. The summed E-state index contributed by atoms with van der Waals surface area (Å²) < 4.78 is 7.23. The Kier molecular flexibility index (Phi) is 4.80. The third-order valence-electron chi connectivity index (χ3n) is 4.50. The second-order valence-electron chi connectivity index (χ2n) is 6.67. The van der Waals surface area contributed by atoms with E-state index in [-0.39, 0.29) is 23.8 Å². The van der Waals surface area contributed by atoms with Crippen LogP contribution in [0.2, 0.25) is 0 Å². The van der Waals surface area contributed by atoms with E-state index in [4.69, 9.17) is 10.5 Å². The van der Waals surface area contributed by atoms with Gasteiger partial charge in [0, 0.05) is 12.0 Å². The highest BCUT2D eigenvalue weighted by Crippen LogP contribution is 2.40. The van der Waals surface area contributed by atoms with Crippen molar-refractivity contribution in [1.29, 1.82) is 0 Å². The van der Waals surface area contributed by atoms with Crippen LogP contribution in [0.15, 0.2) is 60.7 Å². The van der Waals surface area contributed by atoms with Crippen LogP contribution in [-0.4, -0.2) is 28.2 Å². The van der Waals surface area contributed by atoms with Crippen LogP contribution < -0.4 is 15.8 Å². The van der Waals surface area contributed by atoms with Gasteiger partial charge in [0.2, 0.25) is 0 Å². The minimum absolute atomic E-state index is 0.237. The van der Waals surface area contributed by atoms with E-state index in [0.717, 1.165) is 24.2 Å². The van der Waals surface area contributed by atoms with Gasteiger partial charge in [0.1, 0.15) is 11.6 Å². The SMILES string of the molecule is NC(=O)c1ccccc1OCC(=O)Nc1cc(C2CC2)nn1-c1ccccc1. The third-order valence-corrected chi connectivity index (χ3v) is 4.50. The van der Waals surface area contributed by atoms with Crippen molar-refractivity contribution >= 4 is 17.6 Å². The van der Waals surface area contributed by atoms with Gasteiger partial charge in [-0.15, -0.1) is 0 Å². The van der Waals surface area contributed by atoms with Crippen molar-refractivity contribution in [2.75, 3.05) is 11.9 Å². The number of nitrogens with two attached hydrogens (primary N) is 1. The van der Waals surface area contributed by atoms with Gasteiger partial charge in [0.25, 0.3) is 11.8 Å². The normalized spacial score (nSPS) is 13.1. The number of anilines is 1. The van der Waals surface area contributed by atoms with E-state index >= 15 is 0 Å². The summed E-state index contributed by atoms with van der Waals surface area (Å²) in [5, 5.41) is 7.50. The summed E-state index contributed by atoms with van der Waals surface area (Å²) in [5.74, 6) is 0.371. The number of hydrogen-bond donors (Lipinski definition) is 2. The lowest BCUT2D eigenvalue weighted by atomic mass is 10.2. The number of ether oxygens (including phenoxy) is 1. The molecule has 1 aliphatic carbocycles. The van der Waals surface area contributed by atoms with Crippen molar-refractivity contribution in [3.8, 4) is 11.4 Å². The van der Waals surface area contributed by atoms with Gasteiger partial charge >= 0.3 is 0 Å². The van der Waals surface area contributed by atoms with Gasteiger partial charge < -0.3 is 15.8 Å². The number of hydrogen-bond acceptors (Lipinski definition) is 4. The fourth-order valence-electron chi connectivity index (χ4n) is 2.95. The van der Waals surface area contributed by atoms with Crippen LogP contribution in [0.4, 0.5) is 5.82 Å². The first-order valence-electron chi connectivity index (χ1n) is 9.08. The topological polar surface area (TPSA) is 99.2 Å². The van der Waals surface area contributed by atoms with Gasteiger partial charge in [-0.3, -0.25) is 9.59 Å². The highest BCUT2D eigenvalue weighted by molar-refractivity contribution is 5.96. The molecule has 142 valence electrons. The van der Waals surface area contributed by atoms with Crippen LogP contribution >= 0.6 is 0 Å². The first-order chi connectivity index (χ1) is 13.6. The molecule has 0 spiro atoms. The minimum atomic E-state index is -0.604. The van der Waals surface area contributed by atoms with E-state index in [1.165, 1.54) is 0 Å². The average molecular weight is 376 g/mol. The number of aromatic nitrogens is 2. The predicted octanol–water partition coefficient (Wildman–Crippen LogP) is 2.87. The van der Waals surface area contributed by atoms with E-state index in [1.54, 1.807) is 28.9 Å². The molecule has 4 rings (SSSR count). The van der Waals surface area contributed by atoms with Gasteiger partial charge in [-0.2, -0.15) is 5.10 Å². The fourth-order valence-corrected chi connectivity index (χ4v) is 2.95. The molecule has 1 heterocycles. The number of rotatable bonds is 7. The molecular weight excluding hydrogens is 356 g/mol. The molecule has 2 aromatic carbocycles. The summed E-state index contributed by atoms with van der Waals surface area (Å²) in [6.07, 6.45) is 2.23. The summed E-state index contributed by atoms with van der Waals surface area (Å²) in [4.78, 5) is 23.9. The molecule has 1 aliphatic rings. The van der Waals surface area contributed by atoms with Crippen molar-refractivity contribution in [1.82, 2.24) is 9.78 Å². The highest BCUT2D eigenvalue weighted by Gasteiger charge is 2.28. The maximum atomic E-state index is 12.5. The van der Waals surface area contributed by atoms with Gasteiger partial charge in [-0.25, -0.2) is 4.68 Å². The maximum Gasteiger partial charge on any atom is 0.263 e. The number of primary amides is 1. The van der Waals surface area contributed by atoms with Crippen molar-refractivity contribution in [2.45, 2.75) is 18.8 Å². The number of para-hydroxylation sites is 2. The largest absolute Gasteiger partial charge is 0.483 e. The van der Waals surface area contributed by atoms with E-state index < -0.39 is 5.91 Å². The van der Waals surface area contributed by atoms with E-state index in [2.05, 4.69) is 10.4 Å². The maximum absolute atomic E-state index is 12.5. The number of carbonyl (C=O) groups excluding carboxylic acids is 2. The Bertz CT molecular complexity index is 1010. The van der Waals surface area contributed by atoms with E-state index in [9.17, 15) is 9.59 Å². The molecule has 0 radical (unpaired) electrons. The number of benzene rings is 2. The van der Waals surface area contributed by atoms with Gasteiger partial charge in [-0.1, -0.05) is 30.3 Å². The molecule has 28 heavy (non-hydrogen) atoms. The zero-order valence-corrected chi connectivity index (χ0v) is 15.2. The number of amides is 2. The summed E-state index contributed by atoms with van der Waals surface area (Å²) in [7, 11) is 0. The quantitative estimate of drug-likeness (QED) is 0.662. The standard InChI is InChI=1S/C21H20N4O3/c22-21(27)16-8-4-5-9-18(16)28-13-20(26)23-19-12-17(14-10-11-14)24-25(19)15-6-2-1-3-7-15/h1-9,12,14H,10-11,13H2,(H2,22,27)(H,23,26). The first-order valence-corrected chi connectivity index (χ1v) is 9.08. The van der Waals surface area contributed by atoms with Crippen LogP contribution in [0.1, 0.15) is 34.8 Å². The van der Waals surface area contributed by atoms with Crippen LogP contribution in [0, 0.1) is 0 Å². The Labute approximate surface area is 162 Å². The smallest absolute Gasteiger partial charge is 0.263 e. The molecule has 1 aromatic heterocycles. The Morgan fingerprint density at radius 1 is 1.11 bits per heavy atom. The van der Waals surface area contributed by atoms with Gasteiger partial charge in [0.15, 0.2) is 6.61 Å².